The standard InChI is InChI=1S/C20H28O3/c1-13-5-7-19(3)14(2)9-16(21)10-18(19)20(13,4)11-17(22)15-6-8-23-12-15/h6,8-9,12-13,17-18,22H,5,7,10-11H2,1-4H3/t13-,17+,18-,19-,20+/m1/s1. The topological polar surface area (TPSA) is 50.4 Å². The van der Waals surface area contributed by atoms with Gasteiger partial charge in [-0.15, -0.1) is 0 Å². The van der Waals surface area contributed by atoms with E-state index in [2.05, 4.69) is 27.7 Å². The van der Waals surface area contributed by atoms with Gasteiger partial charge in [-0.25, -0.2) is 0 Å². The van der Waals surface area contributed by atoms with Crippen LogP contribution in [-0.4, -0.2) is 10.9 Å². The second-order valence-corrected chi connectivity index (χ2v) is 8.19. The highest BCUT2D eigenvalue weighted by Gasteiger charge is 2.55. The molecule has 0 aliphatic heterocycles. The number of hydrogen-bond acceptors (Lipinski definition) is 3. The molecule has 0 unspecified atom stereocenters. The molecule has 0 aromatic carbocycles. The first-order chi connectivity index (χ1) is 10.8. The summed E-state index contributed by atoms with van der Waals surface area (Å²) < 4.78 is 5.12. The van der Waals surface area contributed by atoms with Crippen molar-refractivity contribution >= 4 is 5.78 Å². The van der Waals surface area contributed by atoms with Gasteiger partial charge in [-0.3, -0.25) is 4.79 Å². The second kappa shape index (κ2) is 5.62. The van der Waals surface area contributed by atoms with Crippen molar-refractivity contribution in [2.45, 2.75) is 59.5 Å². The molecule has 1 aromatic heterocycles. The lowest BCUT2D eigenvalue weighted by Crippen LogP contribution is -2.51. The molecule has 0 amide bonds. The molecule has 1 saturated carbocycles. The molecule has 5 atom stereocenters. The number of carbonyl (C=O) groups is 1. The Hall–Kier alpha value is -1.35. The van der Waals surface area contributed by atoms with E-state index in [1.807, 2.05) is 12.1 Å². The summed E-state index contributed by atoms with van der Waals surface area (Å²) in [6.45, 7) is 8.96. The summed E-state index contributed by atoms with van der Waals surface area (Å²) in [5, 5.41) is 10.7. The zero-order chi connectivity index (χ0) is 16.8. The van der Waals surface area contributed by atoms with E-state index in [-0.39, 0.29) is 22.5 Å². The Morgan fingerprint density at radius 1 is 1.43 bits per heavy atom. The predicted octanol–water partition coefficient (Wildman–Crippen LogP) is 4.68. The molecule has 3 heteroatoms. The first-order valence-electron chi connectivity index (χ1n) is 8.69. The van der Waals surface area contributed by atoms with Crippen LogP contribution in [0.15, 0.2) is 34.7 Å². The van der Waals surface area contributed by atoms with Gasteiger partial charge in [0.05, 0.1) is 18.6 Å². The van der Waals surface area contributed by atoms with Gasteiger partial charge in [0.25, 0.3) is 0 Å². The van der Waals surface area contributed by atoms with Crippen molar-refractivity contribution in [3.63, 3.8) is 0 Å². The number of aliphatic hydroxyl groups is 1. The maximum absolute atomic E-state index is 12.2. The lowest BCUT2D eigenvalue weighted by molar-refractivity contribution is -0.125. The highest BCUT2D eigenvalue weighted by Crippen LogP contribution is 2.62. The fourth-order valence-electron chi connectivity index (χ4n) is 5.03. The normalized spacial score (nSPS) is 38.8. The van der Waals surface area contributed by atoms with Crippen LogP contribution in [0.1, 0.15) is 65.0 Å². The fourth-order valence-corrected chi connectivity index (χ4v) is 5.03. The average Bonchev–Trinajstić information content (AvgIpc) is 3.01. The fraction of sp³-hybridized carbons (Fsp3) is 0.650. The summed E-state index contributed by atoms with van der Waals surface area (Å²) in [6.07, 6.45) is 8.09. The number of fused-ring (bicyclic) bond motifs is 1. The number of ketones is 1. The lowest BCUT2D eigenvalue weighted by Gasteiger charge is -2.58. The zero-order valence-electron chi connectivity index (χ0n) is 14.6. The van der Waals surface area contributed by atoms with Crippen LogP contribution < -0.4 is 0 Å². The largest absolute Gasteiger partial charge is 0.472 e. The molecule has 3 rings (SSSR count). The van der Waals surface area contributed by atoms with E-state index in [0.29, 0.717) is 18.8 Å². The number of carbonyl (C=O) groups excluding carboxylic acids is 1. The number of aliphatic hydroxyl groups excluding tert-OH is 1. The van der Waals surface area contributed by atoms with Crippen molar-refractivity contribution in [2.24, 2.45) is 22.7 Å². The molecule has 0 saturated heterocycles. The smallest absolute Gasteiger partial charge is 0.155 e. The van der Waals surface area contributed by atoms with Gasteiger partial charge >= 0.3 is 0 Å². The van der Waals surface area contributed by atoms with Crippen LogP contribution in [0.3, 0.4) is 0 Å². The number of furan rings is 1. The maximum atomic E-state index is 12.2. The van der Waals surface area contributed by atoms with Crippen LogP contribution in [0.4, 0.5) is 0 Å². The summed E-state index contributed by atoms with van der Waals surface area (Å²) in [6, 6.07) is 1.83. The zero-order valence-corrected chi connectivity index (χ0v) is 14.6. The molecule has 0 bridgehead atoms. The molecule has 23 heavy (non-hydrogen) atoms. The van der Waals surface area contributed by atoms with Crippen LogP contribution in [-0.2, 0) is 4.79 Å². The Morgan fingerprint density at radius 3 is 2.83 bits per heavy atom. The monoisotopic (exact) mass is 316 g/mol. The number of hydrogen-bond donors (Lipinski definition) is 1. The predicted molar refractivity (Wildman–Crippen MR) is 89.8 cm³/mol. The average molecular weight is 316 g/mol. The summed E-state index contributed by atoms with van der Waals surface area (Å²) in [7, 11) is 0. The van der Waals surface area contributed by atoms with E-state index in [0.717, 1.165) is 18.4 Å². The van der Waals surface area contributed by atoms with Gasteiger partial charge in [0.15, 0.2) is 5.78 Å². The molecule has 126 valence electrons. The molecule has 3 nitrogen and oxygen atoms in total. The maximum Gasteiger partial charge on any atom is 0.155 e. The number of allylic oxidation sites excluding steroid dienone is 2. The SMILES string of the molecule is CC1=CC(=O)C[C@H]2[C@@](C)(C[C@H](O)c3ccoc3)[C@H](C)CC[C@]12C. The second-order valence-electron chi connectivity index (χ2n) is 8.19. The van der Waals surface area contributed by atoms with E-state index in [1.165, 1.54) is 5.57 Å². The van der Waals surface area contributed by atoms with Crippen LogP contribution in [0, 0.1) is 22.7 Å². The molecule has 0 radical (unpaired) electrons. The molecule has 2 aliphatic rings. The molecular formula is C20H28O3. The Morgan fingerprint density at radius 2 is 2.17 bits per heavy atom. The Balaban J connectivity index is 1.95. The van der Waals surface area contributed by atoms with Crippen molar-refractivity contribution < 1.29 is 14.3 Å². The highest BCUT2D eigenvalue weighted by atomic mass is 16.3. The highest BCUT2D eigenvalue weighted by molar-refractivity contribution is 5.92. The van der Waals surface area contributed by atoms with E-state index in [9.17, 15) is 9.90 Å². The Labute approximate surface area is 138 Å². The van der Waals surface area contributed by atoms with Crippen molar-refractivity contribution in [1.82, 2.24) is 0 Å². The minimum absolute atomic E-state index is 0.0606. The molecule has 1 aromatic rings. The molecular weight excluding hydrogens is 288 g/mol. The first-order valence-corrected chi connectivity index (χ1v) is 8.69. The van der Waals surface area contributed by atoms with Gasteiger partial charge < -0.3 is 9.52 Å². The Bertz CT molecular complexity index is 615. The quantitative estimate of drug-likeness (QED) is 0.880. The van der Waals surface area contributed by atoms with Crippen LogP contribution in [0.2, 0.25) is 0 Å². The van der Waals surface area contributed by atoms with Crippen molar-refractivity contribution in [1.29, 1.82) is 0 Å². The van der Waals surface area contributed by atoms with Gasteiger partial charge in [-0.2, -0.15) is 0 Å². The van der Waals surface area contributed by atoms with Crippen LogP contribution >= 0.6 is 0 Å². The summed E-state index contributed by atoms with van der Waals surface area (Å²) in [5.74, 6) is 1.02. The van der Waals surface area contributed by atoms with Gasteiger partial charge in [-0.05, 0) is 61.0 Å². The van der Waals surface area contributed by atoms with Crippen molar-refractivity contribution in [2.75, 3.05) is 0 Å². The van der Waals surface area contributed by atoms with Crippen LogP contribution in [0.25, 0.3) is 0 Å². The first kappa shape index (κ1) is 16.5. The molecule has 0 spiro atoms. The Kier molecular flexibility index (Phi) is 4.04. The lowest BCUT2D eigenvalue weighted by atomic mass is 9.46. The van der Waals surface area contributed by atoms with E-state index in [1.54, 1.807) is 12.5 Å². The van der Waals surface area contributed by atoms with Crippen molar-refractivity contribution in [3.05, 3.63) is 35.8 Å². The van der Waals surface area contributed by atoms with Gasteiger partial charge in [0, 0.05) is 12.0 Å². The summed E-state index contributed by atoms with van der Waals surface area (Å²) in [5.41, 5.74) is 2.06. The van der Waals surface area contributed by atoms with Gasteiger partial charge in [0.1, 0.15) is 0 Å². The molecule has 1 N–H and O–H groups in total. The van der Waals surface area contributed by atoms with Crippen LogP contribution in [0.5, 0.6) is 0 Å². The summed E-state index contributed by atoms with van der Waals surface area (Å²) in [4.78, 5) is 12.2. The molecule has 2 aliphatic carbocycles. The minimum Gasteiger partial charge on any atom is -0.472 e. The molecule has 1 fully saturated rings. The van der Waals surface area contributed by atoms with Gasteiger partial charge in [-0.1, -0.05) is 26.3 Å². The van der Waals surface area contributed by atoms with Crippen molar-refractivity contribution in [3.8, 4) is 0 Å². The third-order valence-corrected chi connectivity index (χ3v) is 7.03. The minimum atomic E-state index is -0.537. The summed E-state index contributed by atoms with van der Waals surface area (Å²) >= 11 is 0. The van der Waals surface area contributed by atoms with E-state index in [4.69, 9.17) is 4.42 Å². The van der Waals surface area contributed by atoms with E-state index >= 15 is 0 Å². The third kappa shape index (κ3) is 2.59. The van der Waals surface area contributed by atoms with E-state index < -0.39 is 6.10 Å². The van der Waals surface area contributed by atoms with Gasteiger partial charge in [0.2, 0.25) is 0 Å². The number of rotatable bonds is 3. The third-order valence-electron chi connectivity index (χ3n) is 7.03. The molecule has 1 heterocycles.